The predicted molar refractivity (Wildman–Crippen MR) is 57.8 cm³/mol. The fraction of sp³-hybridized carbons (Fsp3) is 0.364. The molecule has 1 N–H and O–H groups in total. The molecule has 2 rings (SSSR count). The van der Waals surface area contributed by atoms with Crippen LogP contribution in [0.1, 0.15) is 11.4 Å². The van der Waals surface area contributed by atoms with Gasteiger partial charge in [0.05, 0.1) is 12.1 Å². The van der Waals surface area contributed by atoms with Gasteiger partial charge in [0.1, 0.15) is 17.1 Å². The van der Waals surface area contributed by atoms with E-state index in [0.29, 0.717) is 12.1 Å². The van der Waals surface area contributed by atoms with Crippen LogP contribution in [-0.4, -0.2) is 21.8 Å². The summed E-state index contributed by atoms with van der Waals surface area (Å²) in [5.41, 5.74) is 2.53. The first-order chi connectivity index (χ1) is 7.13. The first-order valence-electron chi connectivity index (χ1n) is 4.77. The minimum absolute atomic E-state index is 0.211. The van der Waals surface area contributed by atoms with Crippen LogP contribution in [0.25, 0.3) is 11.0 Å². The summed E-state index contributed by atoms with van der Waals surface area (Å²) in [7, 11) is 3.57. The van der Waals surface area contributed by atoms with Crippen molar-refractivity contribution in [2.24, 2.45) is 7.05 Å². The number of phenols is 1. The van der Waals surface area contributed by atoms with E-state index in [2.05, 4.69) is 4.98 Å². The van der Waals surface area contributed by atoms with Crippen molar-refractivity contribution in [3.05, 3.63) is 23.5 Å². The fourth-order valence-corrected chi connectivity index (χ4v) is 1.69. The molecule has 0 radical (unpaired) electrons. The number of methoxy groups -OCH3 is 1. The summed E-state index contributed by atoms with van der Waals surface area (Å²) in [6, 6.07) is 3.68. The van der Waals surface area contributed by atoms with Gasteiger partial charge in [-0.1, -0.05) is 0 Å². The predicted octanol–water partition coefficient (Wildman–Crippen LogP) is 1.73. The lowest BCUT2D eigenvalue weighted by atomic mass is 10.2. The van der Waals surface area contributed by atoms with Gasteiger partial charge in [0, 0.05) is 14.2 Å². The standard InChI is InChI=1S/C11H14N2O2/c1-7-12-11-9(13(7)2)4-8(6-15-3)5-10(11)14/h4-5,14H,6H2,1-3H3. The maximum atomic E-state index is 9.79. The second-order valence-corrected chi connectivity index (χ2v) is 3.63. The number of rotatable bonds is 2. The monoisotopic (exact) mass is 206 g/mol. The maximum absolute atomic E-state index is 9.79. The fourth-order valence-electron chi connectivity index (χ4n) is 1.69. The highest BCUT2D eigenvalue weighted by molar-refractivity contribution is 5.83. The first kappa shape index (κ1) is 9.98. The number of nitrogens with zero attached hydrogens (tertiary/aromatic N) is 2. The van der Waals surface area contributed by atoms with Crippen molar-refractivity contribution >= 4 is 11.0 Å². The van der Waals surface area contributed by atoms with Crippen LogP contribution < -0.4 is 0 Å². The molecule has 0 spiro atoms. The quantitative estimate of drug-likeness (QED) is 0.814. The van der Waals surface area contributed by atoms with Gasteiger partial charge in [0.15, 0.2) is 0 Å². The van der Waals surface area contributed by atoms with Crippen LogP contribution in [0, 0.1) is 6.92 Å². The van der Waals surface area contributed by atoms with Gasteiger partial charge >= 0.3 is 0 Å². The van der Waals surface area contributed by atoms with Crippen LogP contribution in [0.4, 0.5) is 0 Å². The van der Waals surface area contributed by atoms with E-state index < -0.39 is 0 Å². The SMILES string of the molecule is COCc1cc(O)c2nc(C)n(C)c2c1. The molecule has 80 valence electrons. The number of aromatic hydroxyl groups is 1. The summed E-state index contributed by atoms with van der Waals surface area (Å²) in [6.07, 6.45) is 0. The van der Waals surface area contributed by atoms with E-state index in [9.17, 15) is 5.11 Å². The van der Waals surface area contributed by atoms with Gasteiger partial charge in [-0.2, -0.15) is 0 Å². The highest BCUT2D eigenvalue weighted by atomic mass is 16.5. The Kier molecular flexibility index (Phi) is 2.36. The number of benzene rings is 1. The zero-order valence-electron chi connectivity index (χ0n) is 9.11. The normalized spacial score (nSPS) is 11.1. The molecule has 4 heteroatoms. The lowest BCUT2D eigenvalue weighted by Crippen LogP contribution is -1.92. The molecule has 0 saturated heterocycles. The number of fused-ring (bicyclic) bond motifs is 1. The van der Waals surface area contributed by atoms with Crippen LogP contribution >= 0.6 is 0 Å². The molecule has 15 heavy (non-hydrogen) atoms. The van der Waals surface area contributed by atoms with Crippen molar-refractivity contribution in [1.29, 1.82) is 0 Å². The Labute approximate surface area is 88.1 Å². The minimum atomic E-state index is 0.211. The van der Waals surface area contributed by atoms with Gasteiger partial charge in [0.25, 0.3) is 0 Å². The van der Waals surface area contributed by atoms with Crippen LogP contribution in [0.3, 0.4) is 0 Å². The molecule has 1 aromatic heterocycles. The van der Waals surface area contributed by atoms with E-state index in [1.807, 2.05) is 24.6 Å². The van der Waals surface area contributed by atoms with E-state index in [1.54, 1.807) is 13.2 Å². The molecule has 0 saturated carbocycles. The largest absolute Gasteiger partial charge is 0.506 e. The summed E-state index contributed by atoms with van der Waals surface area (Å²) in [6.45, 7) is 2.41. The highest BCUT2D eigenvalue weighted by Crippen LogP contribution is 2.26. The minimum Gasteiger partial charge on any atom is -0.506 e. The number of hydrogen-bond donors (Lipinski definition) is 1. The molecule has 4 nitrogen and oxygen atoms in total. The third-order valence-electron chi connectivity index (χ3n) is 2.56. The lowest BCUT2D eigenvalue weighted by Gasteiger charge is -2.03. The third kappa shape index (κ3) is 1.57. The Hall–Kier alpha value is -1.55. The maximum Gasteiger partial charge on any atom is 0.143 e. The molecule has 0 fully saturated rings. The molecule has 0 aliphatic heterocycles. The smallest absolute Gasteiger partial charge is 0.143 e. The number of aryl methyl sites for hydroxylation is 2. The van der Waals surface area contributed by atoms with Gasteiger partial charge in [-0.3, -0.25) is 0 Å². The van der Waals surface area contributed by atoms with E-state index in [-0.39, 0.29) is 5.75 Å². The van der Waals surface area contributed by atoms with Gasteiger partial charge < -0.3 is 14.4 Å². The van der Waals surface area contributed by atoms with Gasteiger partial charge in [-0.25, -0.2) is 4.98 Å². The van der Waals surface area contributed by atoms with E-state index in [1.165, 1.54) is 0 Å². The van der Waals surface area contributed by atoms with Crippen LogP contribution in [0.15, 0.2) is 12.1 Å². The van der Waals surface area contributed by atoms with Crippen LogP contribution in [0.5, 0.6) is 5.75 Å². The number of hydrogen-bond acceptors (Lipinski definition) is 3. The average Bonchev–Trinajstić information content (AvgIpc) is 2.46. The summed E-state index contributed by atoms with van der Waals surface area (Å²) in [5, 5.41) is 9.79. The molecule has 1 aromatic carbocycles. The number of ether oxygens (including phenoxy) is 1. The summed E-state index contributed by atoms with van der Waals surface area (Å²) in [4.78, 5) is 4.29. The third-order valence-corrected chi connectivity index (χ3v) is 2.56. The van der Waals surface area contributed by atoms with Crippen molar-refractivity contribution in [2.45, 2.75) is 13.5 Å². The Bertz CT molecular complexity index is 503. The Morgan fingerprint density at radius 3 is 2.87 bits per heavy atom. The lowest BCUT2D eigenvalue weighted by molar-refractivity contribution is 0.185. The molecule has 0 bridgehead atoms. The van der Waals surface area contributed by atoms with E-state index >= 15 is 0 Å². The highest BCUT2D eigenvalue weighted by Gasteiger charge is 2.09. The van der Waals surface area contributed by atoms with Crippen molar-refractivity contribution in [3.63, 3.8) is 0 Å². The first-order valence-corrected chi connectivity index (χ1v) is 4.77. The molecule has 0 unspecified atom stereocenters. The number of phenolic OH excluding ortho intramolecular Hbond substituents is 1. The van der Waals surface area contributed by atoms with Crippen molar-refractivity contribution in [2.75, 3.05) is 7.11 Å². The van der Waals surface area contributed by atoms with Crippen molar-refractivity contribution in [1.82, 2.24) is 9.55 Å². The van der Waals surface area contributed by atoms with Gasteiger partial charge in [-0.05, 0) is 24.6 Å². The van der Waals surface area contributed by atoms with Crippen LogP contribution in [-0.2, 0) is 18.4 Å². The molecular formula is C11H14N2O2. The second kappa shape index (κ2) is 3.55. The summed E-state index contributed by atoms with van der Waals surface area (Å²) >= 11 is 0. The number of imidazole rings is 1. The topological polar surface area (TPSA) is 47.3 Å². The molecular weight excluding hydrogens is 192 g/mol. The zero-order valence-corrected chi connectivity index (χ0v) is 9.11. The Morgan fingerprint density at radius 1 is 1.47 bits per heavy atom. The molecule has 2 aromatic rings. The zero-order chi connectivity index (χ0) is 11.0. The molecule has 0 atom stereocenters. The Balaban J connectivity index is 2.68. The van der Waals surface area contributed by atoms with Crippen molar-refractivity contribution < 1.29 is 9.84 Å². The van der Waals surface area contributed by atoms with E-state index in [0.717, 1.165) is 16.9 Å². The van der Waals surface area contributed by atoms with Gasteiger partial charge in [-0.15, -0.1) is 0 Å². The second-order valence-electron chi connectivity index (χ2n) is 3.63. The summed E-state index contributed by atoms with van der Waals surface area (Å²) < 4.78 is 6.99. The molecule has 1 heterocycles. The molecule has 0 amide bonds. The van der Waals surface area contributed by atoms with Crippen molar-refractivity contribution in [3.8, 4) is 5.75 Å². The molecule has 0 aliphatic carbocycles. The Morgan fingerprint density at radius 2 is 2.20 bits per heavy atom. The van der Waals surface area contributed by atoms with Crippen LogP contribution in [0.2, 0.25) is 0 Å². The summed E-state index contributed by atoms with van der Waals surface area (Å²) in [5.74, 6) is 1.10. The average molecular weight is 206 g/mol. The van der Waals surface area contributed by atoms with E-state index in [4.69, 9.17) is 4.74 Å². The number of aromatic nitrogens is 2. The molecule has 0 aliphatic rings. The van der Waals surface area contributed by atoms with Gasteiger partial charge in [0.2, 0.25) is 0 Å².